The third kappa shape index (κ3) is 7.12. The van der Waals surface area contributed by atoms with Gasteiger partial charge in [0.15, 0.2) is 0 Å². The lowest BCUT2D eigenvalue weighted by molar-refractivity contribution is -0.142. The number of likely N-dealkylation sites (N-methyl/N-ethyl adjacent to an activating group) is 1. The number of aliphatic carboxylic acids is 1. The van der Waals surface area contributed by atoms with Crippen LogP contribution < -0.4 is 5.32 Å². The van der Waals surface area contributed by atoms with Crippen LogP contribution in [0.1, 0.15) is 30.4 Å². The van der Waals surface area contributed by atoms with E-state index in [1.54, 1.807) is 12.1 Å². The average Bonchev–Trinajstić information content (AvgIpc) is 2.80. The van der Waals surface area contributed by atoms with Crippen molar-refractivity contribution in [3.8, 4) is 0 Å². The van der Waals surface area contributed by atoms with Gasteiger partial charge in [0.05, 0.1) is 11.4 Å². The van der Waals surface area contributed by atoms with Crippen molar-refractivity contribution in [2.45, 2.75) is 43.7 Å². The summed E-state index contributed by atoms with van der Waals surface area (Å²) in [6.07, 6.45) is 2.04. The lowest BCUT2D eigenvalue weighted by Crippen LogP contribution is -2.47. The first-order valence-corrected chi connectivity index (χ1v) is 12.9. The molecule has 184 valence electrons. The number of sulfonamides is 1. The van der Waals surface area contributed by atoms with Gasteiger partial charge < -0.3 is 10.4 Å². The van der Waals surface area contributed by atoms with Crippen molar-refractivity contribution < 1.29 is 23.1 Å². The van der Waals surface area contributed by atoms with E-state index in [0.717, 1.165) is 42.3 Å². The number of carboxylic acid groups (broad SMARTS) is 1. The summed E-state index contributed by atoms with van der Waals surface area (Å²) in [6.45, 7) is 4.02. The van der Waals surface area contributed by atoms with Crippen molar-refractivity contribution in [3.63, 3.8) is 0 Å². The number of benzene rings is 2. The van der Waals surface area contributed by atoms with Crippen molar-refractivity contribution in [2.75, 3.05) is 26.7 Å². The standard InChI is InChI=1S/C25H33N3O5S/c1-19-8-10-22(11-9-19)34(32,33)27(2)18-24(29)26-23(25(30)31)16-20-12-14-28(15-13-20)17-21-6-4-3-5-7-21/h3-11,20,23H,12-18H2,1-2H3,(H,26,29)(H,30,31). The zero-order valence-corrected chi connectivity index (χ0v) is 20.5. The van der Waals surface area contributed by atoms with Gasteiger partial charge in [-0.1, -0.05) is 48.0 Å². The maximum absolute atomic E-state index is 12.7. The van der Waals surface area contributed by atoms with Crippen molar-refractivity contribution in [1.82, 2.24) is 14.5 Å². The van der Waals surface area contributed by atoms with E-state index in [1.807, 2.05) is 25.1 Å². The van der Waals surface area contributed by atoms with Crippen LogP contribution in [0.5, 0.6) is 0 Å². The summed E-state index contributed by atoms with van der Waals surface area (Å²) in [5.41, 5.74) is 2.18. The fourth-order valence-electron chi connectivity index (χ4n) is 4.19. The second-order valence-corrected chi connectivity index (χ2v) is 11.0. The molecule has 1 fully saturated rings. The molecular weight excluding hydrogens is 454 g/mol. The molecule has 1 heterocycles. The maximum atomic E-state index is 12.7. The molecule has 0 aromatic heterocycles. The summed E-state index contributed by atoms with van der Waals surface area (Å²) >= 11 is 0. The molecule has 8 nitrogen and oxygen atoms in total. The lowest BCUT2D eigenvalue weighted by atomic mass is 9.90. The van der Waals surface area contributed by atoms with Crippen LogP contribution in [0, 0.1) is 12.8 Å². The molecule has 1 amide bonds. The molecule has 0 radical (unpaired) electrons. The zero-order chi connectivity index (χ0) is 24.7. The van der Waals surface area contributed by atoms with Crippen LogP contribution in [-0.4, -0.2) is 67.3 Å². The molecule has 1 saturated heterocycles. The molecule has 1 aliphatic heterocycles. The maximum Gasteiger partial charge on any atom is 0.326 e. The van der Waals surface area contributed by atoms with Crippen LogP contribution in [0.15, 0.2) is 59.5 Å². The van der Waals surface area contributed by atoms with Gasteiger partial charge in [0, 0.05) is 13.6 Å². The Bertz CT molecular complexity index is 1070. The summed E-state index contributed by atoms with van der Waals surface area (Å²) in [7, 11) is -2.53. The highest BCUT2D eigenvalue weighted by atomic mass is 32.2. The largest absolute Gasteiger partial charge is 0.480 e. The molecule has 2 aromatic rings. The zero-order valence-electron chi connectivity index (χ0n) is 19.7. The lowest BCUT2D eigenvalue weighted by Gasteiger charge is -2.33. The minimum absolute atomic E-state index is 0.0884. The quantitative estimate of drug-likeness (QED) is 0.533. The highest BCUT2D eigenvalue weighted by molar-refractivity contribution is 7.89. The fraction of sp³-hybridized carbons (Fsp3) is 0.440. The number of hydrogen-bond acceptors (Lipinski definition) is 5. The number of amides is 1. The predicted molar refractivity (Wildman–Crippen MR) is 130 cm³/mol. The van der Waals surface area contributed by atoms with Crippen molar-refractivity contribution in [2.24, 2.45) is 5.92 Å². The number of piperidine rings is 1. The van der Waals surface area contributed by atoms with Gasteiger partial charge >= 0.3 is 5.97 Å². The van der Waals surface area contributed by atoms with Crippen molar-refractivity contribution in [1.29, 1.82) is 0 Å². The Balaban J connectivity index is 1.50. The number of hydrogen-bond donors (Lipinski definition) is 2. The van der Waals surface area contributed by atoms with Crippen LogP contribution in [-0.2, 0) is 26.2 Å². The first kappa shape index (κ1) is 25.9. The number of aryl methyl sites for hydroxylation is 1. The first-order valence-electron chi connectivity index (χ1n) is 11.5. The Kier molecular flexibility index (Phi) is 8.82. The molecule has 9 heteroatoms. The second-order valence-electron chi connectivity index (χ2n) is 8.97. The Morgan fingerprint density at radius 1 is 1.09 bits per heavy atom. The van der Waals surface area contributed by atoms with E-state index >= 15 is 0 Å². The van der Waals surface area contributed by atoms with Crippen LogP contribution in [0.25, 0.3) is 0 Å². The topological polar surface area (TPSA) is 107 Å². The molecule has 1 atom stereocenters. The van der Waals surface area contributed by atoms with Gasteiger partial charge in [0.2, 0.25) is 15.9 Å². The molecular formula is C25H33N3O5S. The van der Waals surface area contributed by atoms with Crippen molar-refractivity contribution in [3.05, 3.63) is 65.7 Å². The van der Waals surface area contributed by atoms with E-state index < -0.39 is 34.5 Å². The second kappa shape index (κ2) is 11.6. The highest BCUT2D eigenvalue weighted by Gasteiger charge is 2.29. The number of rotatable bonds is 10. The third-order valence-electron chi connectivity index (χ3n) is 6.25. The van der Waals surface area contributed by atoms with Crippen molar-refractivity contribution >= 4 is 21.9 Å². The van der Waals surface area contributed by atoms with E-state index in [0.29, 0.717) is 6.42 Å². The minimum Gasteiger partial charge on any atom is -0.480 e. The smallest absolute Gasteiger partial charge is 0.326 e. The molecule has 34 heavy (non-hydrogen) atoms. The first-order chi connectivity index (χ1) is 16.1. The summed E-state index contributed by atoms with van der Waals surface area (Å²) in [5, 5.41) is 12.2. The highest BCUT2D eigenvalue weighted by Crippen LogP contribution is 2.23. The van der Waals surface area contributed by atoms with E-state index in [2.05, 4.69) is 22.3 Å². The Labute approximate surface area is 201 Å². The van der Waals surface area contributed by atoms with E-state index in [1.165, 1.54) is 24.7 Å². The van der Waals surface area contributed by atoms with E-state index in [-0.39, 0.29) is 10.8 Å². The van der Waals surface area contributed by atoms with Crippen LogP contribution >= 0.6 is 0 Å². The van der Waals surface area contributed by atoms with E-state index in [4.69, 9.17) is 0 Å². The molecule has 0 bridgehead atoms. The molecule has 2 aromatic carbocycles. The molecule has 0 saturated carbocycles. The Hall–Kier alpha value is -2.75. The Morgan fingerprint density at radius 2 is 1.71 bits per heavy atom. The van der Waals surface area contributed by atoms with Gasteiger partial charge in [0.25, 0.3) is 0 Å². The summed E-state index contributed by atoms with van der Waals surface area (Å²) in [4.78, 5) is 26.7. The molecule has 1 unspecified atom stereocenters. The SMILES string of the molecule is Cc1ccc(S(=O)(=O)N(C)CC(=O)NC(CC2CCN(Cc3ccccc3)CC2)C(=O)O)cc1. The average molecular weight is 488 g/mol. The predicted octanol–water partition coefficient (Wildman–Crippen LogP) is 2.49. The summed E-state index contributed by atoms with van der Waals surface area (Å²) < 4.78 is 26.3. The normalized spacial score (nSPS) is 16.3. The van der Waals surface area contributed by atoms with Gasteiger partial charge in [-0.3, -0.25) is 9.69 Å². The summed E-state index contributed by atoms with van der Waals surface area (Å²) in [5.74, 6) is -1.56. The molecule has 0 spiro atoms. The van der Waals surface area contributed by atoms with Gasteiger partial charge in [-0.25, -0.2) is 13.2 Å². The van der Waals surface area contributed by atoms with Crippen LogP contribution in [0.2, 0.25) is 0 Å². The molecule has 0 aliphatic carbocycles. The Morgan fingerprint density at radius 3 is 2.29 bits per heavy atom. The fourth-order valence-corrected chi connectivity index (χ4v) is 5.32. The molecule has 3 rings (SSSR count). The van der Waals surface area contributed by atoms with Gasteiger partial charge in [-0.2, -0.15) is 4.31 Å². The monoisotopic (exact) mass is 487 g/mol. The molecule has 1 aliphatic rings. The van der Waals surface area contributed by atoms with Gasteiger partial charge in [-0.05, 0) is 62.9 Å². The number of nitrogens with zero attached hydrogens (tertiary/aromatic N) is 2. The molecule has 2 N–H and O–H groups in total. The van der Waals surface area contributed by atoms with Crippen LogP contribution in [0.3, 0.4) is 0 Å². The van der Waals surface area contributed by atoms with Gasteiger partial charge in [0.1, 0.15) is 6.04 Å². The number of carbonyl (C=O) groups is 2. The van der Waals surface area contributed by atoms with Crippen LogP contribution in [0.4, 0.5) is 0 Å². The summed E-state index contributed by atoms with van der Waals surface area (Å²) in [6, 6.07) is 15.5. The van der Waals surface area contributed by atoms with Gasteiger partial charge in [-0.15, -0.1) is 0 Å². The number of nitrogens with one attached hydrogen (secondary N) is 1. The number of likely N-dealkylation sites (tertiary alicyclic amines) is 1. The number of carboxylic acids is 1. The van der Waals surface area contributed by atoms with E-state index in [9.17, 15) is 23.1 Å². The number of carbonyl (C=O) groups excluding carboxylic acids is 1. The minimum atomic E-state index is -3.85. The third-order valence-corrected chi connectivity index (χ3v) is 8.07.